The van der Waals surface area contributed by atoms with E-state index in [1.165, 1.54) is 15.4 Å². The standard InChI is InChI=1S/C25H23N3O5S2/c1-3-16-8-10-17(11-9-16)33-22-18(23(31)27-12-4-6-15(2)21(27)26-22)14-19-24(32)28(25(34)35-19)13-5-7-20(29)30/h4,6,8-12,14H,3,5,7,13H2,1-2H3,(H,29,30)/b19-14+. The van der Waals surface area contributed by atoms with Gasteiger partial charge in [-0.2, -0.15) is 4.98 Å². The second kappa shape index (κ2) is 10.4. The van der Waals surface area contributed by atoms with Gasteiger partial charge in [-0.3, -0.25) is 23.7 Å². The van der Waals surface area contributed by atoms with Crippen LogP contribution >= 0.6 is 24.0 Å². The van der Waals surface area contributed by atoms with Crippen molar-refractivity contribution in [3.8, 4) is 11.6 Å². The number of rotatable bonds is 8. The predicted octanol–water partition coefficient (Wildman–Crippen LogP) is 4.42. The minimum absolute atomic E-state index is 0.0692. The van der Waals surface area contributed by atoms with E-state index in [0.29, 0.717) is 15.7 Å². The van der Waals surface area contributed by atoms with Crippen molar-refractivity contribution in [3.63, 3.8) is 0 Å². The number of hydrogen-bond donors (Lipinski definition) is 1. The topological polar surface area (TPSA) is 101 Å². The summed E-state index contributed by atoms with van der Waals surface area (Å²) in [6, 6.07) is 11.1. The van der Waals surface area contributed by atoms with Crippen molar-refractivity contribution in [2.75, 3.05) is 6.54 Å². The van der Waals surface area contributed by atoms with Crippen LogP contribution in [-0.2, 0) is 16.0 Å². The van der Waals surface area contributed by atoms with Gasteiger partial charge in [0.15, 0.2) is 0 Å². The molecular formula is C25H23N3O5S2. The van der Waals surface area contributed by atoms with Crippen LogP contribution in [0.3, 0.4) is 0 Å². The summed E-state index contributed by atoms with van der Waals surface area (Å²) in [6.07, 6.45) is 4.16. The van der Waals surface area contributed by atoms with Crippen molar-refractivity contribution < 1.29 is 19.4 Å². The van der Waals surface area contributed by atoms with Gasteiger partial charge in [-0.15, -0.1) is 0 Å². The molecule has 3 heterocycles. The molecule has 8 nitrogen and oxygen atoms in total. The lowest BCUT2D eigenvalue weighted by atomic mass is 10.2. The Hall–Kier alpha value is -3.50. The van der Waals surface area contributed by atoms with E-state index in [0.717, 1.165) is 29.3 Å². The number of carbonyl (C=O) groups excluding carboxylic acids is 1. The number of fused-ring (bicyclic) bond motifs is 1. The van der Waals surface area contributed by atoms with Gasteiger partial charge in [-0.25, -0.2) is 0 Å². The van der Waals surface area contributed by atoms with Gasteiger partial charge in [0.1, 0.15) is 21.3 Å². The number of aliphatic carboxylic acids is 1. The number of ether oxygens (including phenoxy) is 1. The van der Waals surface area contributed by atoms with Crippen molar-refractivity contribution in [2.45, 2.75) is 33.1 Å². The van der Waals surface area contributed by atoms with E-state index in [1.807, 2.05) is 37.3 Å². The largest absolute Gasteiger partial charge is 0.481 e. The Morgan fingerprint density at radius 1 is 1.23 bits per heavy atom. The number of carboxylic acid groups (broad SMARTS) is 1. The predicted molar refractivity (Wildman–Crippen MR) is 139 cm³/mol. The molecule has 10 heteroatoms. The summed E-state index contributed by atoms with van der Waals surface area (Å²) in [7, 11) is 0. The van der Waals surface area contributed by atoms with Gasteiger partial charge < -0.3 is 9.84 Å². The molecule has 0 saturated carbocycles. The Labute approximate surface area is 211 Å². The monoisotopic (exact) mass is 509 g/mol. The number of amides is 1. The second-order valence-corrected chi connectivity index (χ2v) is 9.63. The minimum atomic E-state index is -0.940. The van der Waals surface area contributed by atoms with Gasteiger partial charge >= 0.3 is 5.97 Å². The zero-order chi connectivity index (χ0) is 25.1. The van der Waals surface area contributed by atoms with Crippen LogP contribution in [0.25, 0.3) is 11.7 Å². The fourth-order valence-corrected chi connectivity index (χ4v) is 4.90. The summed E-state index contributed by atoms with van der Waals surface area (Å²) >= 11 is 6.39. The van der Waals surface area contributed by atoms with Gasteiger partial charge in [-0.1, -0.05) is 49.1 Å². The lowest BCUT2D eigenvalue weighted by Gasteiger charge is -2.13. The van der Waals surface area contributed by atoms with E-state index < -0.39 is 5.97 Å². The average molecular weight is 510 g/mol. The number of carbonyl (C=O) groups is 2. The van der Waals surface area contributed by atoms with Crippen molar-refractivity contribution in [3.05, 3.63) is 74.5 Å². The fourth-order valence-electron chi connectivity index (χ4n) is 3.61. The normalized spacial score (nSPS) is 14.8. The van der Waals surface area contributed by atoms with Gasteiger partial charge in [0.05, 0.1) is 4.91 Å². The Balaban J connectivity index is 1.76. The van der Waals surface area contributed by atoms with Crippen LogP contribution in [0.2, 0.25) is 0 Å². The molecule has 3 aromatic rings. The molecule has 35 heavy (non-hydrogen) atoms. The molecule has 1 aliphatic rings. The second-order valence-electron chi connectivity index (χ2n) is 7.95. The molecule has 1 N–H and O–H groups in total. The lowest BCUT2D eigenvalue weighted by molar-refractivity contribution is -0.137. The number of thiocarbonyl (C=S) groups is 1. The summed E-state index contributed by atoms with van der Waals surface area (Å²) < 4.78 is 7.77. The lowest BCUT2D eigenvalue weighted by Crippen LogP contribution is -2.29. The number of hydrogen-bond acceptors (Lipinski definition) is 7. The van der Waals surface area contributed by atoms with Crippen LogP contribution in [0.1, 0.15) is 36.5 Å². The van der Waals surface area contributed by atoms with Gasteiger partial charge in [0.2, 0.25) is 5.88 Å². The third-order valence-electron chi connectivity index (χ3n) is 5.52. The highest BCUT2D eigenvalue weighted by atomic mass is 32.2. The third-order valence-corrected chi connectivity index (χ3v) is 6.89. The van der Waals surface area contributed by atoms with Crippen LogP contribution < -0.4 is 10.3 Å². The molecule has 2 aromatic heterocycles. The van der Waals surface area contributed by atoms with Gasteiger partial charge in [0.25, 0.3) is 11.5 Å². The zero-order valence-electron chi connectivity index (χ0n) is 19.2. The van der Waals surface area contributed by atoms with Crippen LogP contribution in [0, 0.1) is 6.92 Å². The highest BCUT2D eigenvalue weighted by Crippen LogP contribution is 2.34. The maximum atomic E-state index is 13.5. The third kappa shape index (κ3) is 5.28. The Bertz CT molecular complexity index is 1410. The molecular weight excluding hydrogens is 486 g/mol. The highest BCUT2D eigenvalue weighted by Gasteiger charge is 2.32. The maximum Gasteiger partial charge on any atom is 0.303 e. The number of nitrogens with zero attached hydrogens (tertiary/aromatic N) is 3. The van der Waals surface area contributed by atoms with Crippen LogP contribution in [0.15, 0.2) is 52.3 Å². The first kappa shape index (κ1) is 24.6. The van der Waals surface area contributed by atoms with E-state index >= 15 is 0 Å². The maximum absolute atomic E-state index is 13.5. The quantitative estimate of drug-likeness (QED) is 0.352. The Morgan fingerprint density at radius 3 is 2.66 bits per heavy atom. The van der Waals surface area contributed by atoms with Crippen LogP contribution in [-0.4, -0.2) is 42.1 Å². The highest BCUT2D eigenvalue weighted by molar-refractivity contribution is 8.26. The molecule has 1 fully saturated rings. The number of carboxylic acids is 1. The minimum Gasteiger partial charge on any atom is -0.481 e. The van der Waals surface area contributed by atoms with Crippen LogP contribution in [0.5, 0.6) is 11.6 Å². The van der Waals surface area contributed by atoms with E-state index in [4.69, 9.17) is 22.1 Å². The molecule has 1 amide bonds. The first-order valence-electron chi connectivity index (χ1n) is 11.0. The van der Waals surface area contributed by atoms with Crippen molar-refractivity contribution in [1.29, 1.82) is 0 Å². The summed E-state index contributed by atoms with van der Waals surface area (Å²) in [5.74, 6) is -0.713. The zero-order valence-corrected chi connectivity index (χ0v) is 20.8. The smallest absolute Gasteiger partial charge is 0.303 e. The first-order chi connectivity index (χ1) is 16.8. The molecule has 0 radical (unpaired) electrons. The number of aromatic nitrogens is 2. The molecule has 0 atom stereocenters. The summed E-state index contributed by atoms with van der Waals surface area (Å²) in [5.41, 5.74) is 2.14. The molecule has 1 aliphatic heterocycles. The number of aryl methyl sites for hydroxylation is 2. The fraction of sp³-hybridized carbons (Fsp3) is 0.240. The summed E-state index contributed by atoms with van der Waals surface area (Å²) in [6.45, 7) is 4.10. The molecule has 1 aromatic carbocycles. The van der Waals surface area contributed by atoms with Crippen molar-refractivity contribution >= 4 is 51.9 Å². The molecule has 1 saturated heterocycles. The van der Waals surface area contributed by atoms with Crippen molar-refractivity contribution in [1.82, 2.24) is 14.3 Å². The van der Waals surface area contributed by atoms with Crippen LogP contribution in [0.4, 0.5) is 0 Å². The van der Waals surface area contributed by atoms with E-state index in [-0.39, 0.29) is 47.2 Å². The number of thioether (sulfide) groups is 1. The SMILES string of the molecule is CCc1ccc(Oc2nc3c(C)cccn3c(=O)c2/C=C2/SC(=S)N(CCCC(=O)O)C2=O)cc1. The number of pyridine rings is 1. The molecule has 4 rings (SSSR count). The first-order valence-corrected chi connectivity index (χ1v) is 12.3. The van der Waals surface area contributed by atoms with E-state index in [9.17, 15) is 14.4 Å². The summed E-state index contributed by atoms with van der Waals surface area (Å²) in [4.78, 5) is 43.5. The van der Waals surface area contributed by atoms with Gasteiger partial charge in [0, 0.05) is 19.2 Å². The van der Waals surface area contributed by atoms with E-state index in [1.54, 1.807) is 12.3 Å². The molecule has 0 spiro atoms. The number of benzene rings is 1. The average Bonchev–Trinajstić information content (AvgIpc) is 3.10. The molecule has 0 bridgehead atoms. The van der Waals surface area contributed by atoms with E-state index in [2.05, 4.69) is 11.9 Å². The van der Waals surface area contributed by atoms with Gasteiger partial charge in [-0.05, 0) is 55.2 Å². The molecule has 180 valence electrons. The molecule has 0 unspecified atom stereocenters. The van der Waals surface area contributed by atoms with Crippen molar-refractivity contribution in [2.24, 2.45) is 0 Å². The molecule has 0 aliphatic carbocycles. The Kier molecular flexibility index (Phi) is 7.32. The summed E-state index contributed by atoms with van der Waals surface area (Å²) in [5, 5.41) is 8.87. The Morgan fingerprint density at radius 2 is 1.97 bits per heavy atom.